The number of ether oxygens (including phenoxy) is 2. The summed E-state index contributed by atoms with van der Waals surface area (Å²) in [5, 5.41) is 16.0. The average Bonchev–Trinajstić information content (AvgIpc) is 3.16. The number of hydrogen-bond acceptors (Lipinski definition) is 7. The third-order valence-corrected chi connectivity index (χ3v) is 5.43. The van der Waals surface area contributed by atoms with Crippen LogP contribution >= 0.6 is 0 Å². The van der Waals surface area contributed by atoms with E-state index in [9.17, 15) is 9.50 Å². The lowest BCUT2D eigenvalue weighted by Crippen LogP contribution is -2.64. The van der Waals surface area contributed by atoms with E-state index in [4.69, 9.17) is 9.47 Å². The number of nitrogens with zero attached hydrogens (tertiary/aromatic N) is 2. The van der Waals surface area contributed by atoms with Crippen LogP contribution in [0.5, 0.6) is 5.75 Å². The maximum absolute atomic E-state index is 14.9. The predicted molar refractivity (Wildman–Crippen MR) is 97.7 cm³/mol. The Morgan fingerprint density at radius 1 is 1.41 bits per heavy atom. The zero-order chi connectivity index (χ0) is 19.1. The van der Waals surface area contributed by atoms with Crippen molar-refractivity contribution in [1.82, 2.24) is 15.8 Å². The SMILES string of the molecule is C[C@@H]1[C@@H]2[C@@H](Oc3ccc4c(c3F)=C[C@H](C)N=4)NCNN2C[C@H]1OC[C@H](C)O. The maximum atomic E-state index is 14.9. The van der Waals surface area contributed by atoms with Gasteiger partial charge in [-0.2, -0.15) is 0 Å². The first-order valence-corrected chi connectivity index (χ1v) is 9.52. The third kappa shape index (κ3) is 3.60. The highest BCUT2D eigenvalue weighted by atomic mass is 19.1. The number of aliphatic hydroxyl groups is 1. The van der Waals surface area contributed by atoms with Crippen LogP contribution in [0.3, 0.4) is 0 Å². The Balaban J connectivity index is 1.53. The first-order chi connectivity index (χ1) is 12.9. The second-order valence-corrected chi connectivity index (χ2v) is 7.65. The molecule has 148 valence electrons. The van der Waals surface area contributed by atoms with E-state index >= 15 is 0 Å². The summed E-state index contributed by atoms with van der Waals surface area (Å²) in [6.45, 7) is 7.25. The molecule has 3 N–H and O–H groups in total. The topological polar surface area (TPSA) is 78.4 Å². The van der Waals surface area contributed by atoms with E-state index in [1.165, 1.54) is 0 Å². The van der Waals surface area contributed by atoms with E-state index in [-0.39, 0.29) is 41.9 Å². The minimum absolute atomic E-state index is 0.0149. The predicted octanol–water partition coefficient (Wildman–Crippen LogP) is -0.516. The summed E-state index contributed by atoms with van der Waals surface area (Å²) in [4.78, 5) is 4.39. The van der Waals surface area contributed by atoms with Gasteiger partial charge >= 0.3 is 0 Å². The molecule has 4 rings (SSSR count). The number of fused-ring (bicyclic) bond motifs is 2. The monoisotopic (exact) mass is 378 g/mol. The standard InChI is InChI=1S/C19H27FN4O3/c1-10-6-13-14(23-10)4-5-15(17(13)20)27-19-18-12(3)16(26-8-11(2)25)7-24(18)22-9-21-19/h4-6,10-12,16,18-19,21-22,25H,7-9H2,1-3H3/t10-,11-,12-,16+,18+,19+/m0/s1. The van der Waals surface area contributed by atoms with Gasteiger partial charge in [-0.1, -0.05) is 6.92 Å². The first kappa shape index (κ1) is 18.8. The molecule has 1 aromatic rings. The largest absolute Gasteiger partial charge is 0.470 e. The van der Waals surface area contributed by atoms with E-state index in [1.807, 2.05) is 13.0 Å². The normalized spacial score (nSPS) is 33.7. The number of hydrazine groups is 1. The van der Waals surface area contributed by atoms with Crippen molar-refractivity contribution >= 4 is 6.08 Å². The second-order valence-electron chi connectivity index (χ2n) is 7.65. The Labute approximate surface area is 157 Å². The molecule has 27 heavy (non-hydrogen) atoms. The van der Waals surface area contributed by atoms with Crippen LogP contribution in [0.1, 0.15) is 20.8 Å². The summed E-state index contributed by atoms with van der Waals surface area (Å²) in [5.41, 5.74) is 3.29. The Hall–Kier alpha value is -1.58. The van der Waals surface area contributed by atoms with E-state index in [1.54, 1.807) is 19.1 Å². The molecule has 0 radical (unpaired) electrons. The number of rotatable bonds is 5. The van der Waals surface area contributed by atoms with Gasteiger partial charge in [-0.15, -0.1) is 0 Å². The molecule has 6 atom stereocenters. The fourth-order valence-corrected chi connectivity index (χ4v) is 4.10. The Morgan fingerprint density at radius 3 is 3.00 bits per heavy atom. The molecule has 7 nitrogen and oxygen atoms in total. The lowest BCUT2D eigenvalue weighted by atomic mass is 9.99. The summed E-state index contributed by atoms with van der Waals surface area (Å²) < 4.78 is 26.8. The van der Waals surface area contributed by atoms with Gasteiger partial charge in [-0.3, -0.25) is 10.3 Å². The zero-order valence-corrected chi connectivity index (χ0v) is 15.9. The van der Waals surface area contributed by atoms with Crippen LogP contribution in [0.25, 0.3) is 6.08 Å². The summed E-state index contributed by atoms with van der Waals surface area (Å²) in [6.07, 6.45) is 0.917. The third-order valence-electron chi connectivity index (χ3n) is 5.43. The van der Waals surface area contributed by atoms with E-state index in [2.05, 4.69) is 27.7 Å². The Bertz CT molecular complexity index is 818. The van der Waals surface area contributed by atoms with Crippen molar-refractivity contribution in [3.8, 4) is 5.75 Å². The van der Waals surface area contributed by atoms with E-state index in [0.29, 0.717) is 30.4 Å². The number of aliphatic hydroxyl groups excluding tert-OH is 1. The fraction of sp³-hybridized carbons (Fsp3) is 0.632. The summed E-state index contributed by atoms with van der Waals surface area (Å²) in [7, 11) is 0. The van der Waals surface area contributed by atoms with Crippen molar-refractivity contribution < 1.29 is 19.0 Å². The van der Waals surface area contributed by atoms with Crippen LogP contribution in [-0.4, -0.2) is 60.5 Å². The molecular formula is C19H27FN4O3. The second kappa shape index (κ2) is 7.44. The molecule has 0 aliphatic carbocycles. The summed E-state index contributed by atoms with van der Waals surface area (Å²) in [6, 6.07) is 3.43. The van der Waals surface area contributed by atoms with Crippen LogP contribution in [0.4, 0.5) is 4.39 Å². The van der Waals surface area contributed by atoms with Crippen LogP contribution in [0.2, 0.25) is 0 Å². The van der Waals surface area contributed by atoms with Gasteiger partial charge in [-0.25, -0.2) is 14.8 Å². The molecule has 3 aliphatic rings. The summed E-state index contributed by atoms with van der Waals surface area (Å²) >= 11 is 0. The van der Waals surface area contributed by atoms with Gasteiger partial charge in [0.25, 0.3) is 0 Å². The van der Waals surface area contributed by atoms with Crippen LogP contribution in [-0.2, 0) is 4.74 Å². The minimum atomic E-state index is -0.502. The van der Waals surface area contributed by atoms with Crippen molar-refractivity contribution in [2.75, 3.05) is 19.8 Å². The highest BCUT2D eigenvalue weighted by Crippen LogP contribution is 2.30. The molecule has 3 heterocycles. The van der Waals surface area contributed by atoms with E-state index in [0.717, 1.165) is 0 Å². The lowest BCUT2D eigenvalue weighted by molar-refractivity contribution is -0.0233. The number of hydrogen-bond donors (Lipinski definition) is 3. The zero-order valence-electron chi connectivity index (χ0n) is 15.9. The van der Waals surface area contributed by atoms with Gasteiger partial charge in [0.2, 0.25) is 0 Å². The van der Waals surface area contributed by atoms with Crippen LogP contribution < -0.4 is 26.1 Å². The van der Waals surface area contributed by atoms with Gasteiger partial charge in [0.15, 0.2) is 17.8 Å². The minimum Gasteiger partial charge on any atom is -0.470 e. The molecule has 8 heteroatoms. The number of nitrogens with one attached hydrogen (secondary N) is 2. The molecule has 3 aliphatic heterocycles. The molecule has 0 spiro atoms. The van der Waals surface area contributed by atoms with Gasteiger partial charge in [-0.05, 0) is 32.1 Å². The lowest BCUT2D eigenvalue weighted by Gasteiger charge is -2.39. The number of benzene rings is 1. The maximum Gasteiger partial charge on any atom is 0.174 e. The van der Waals surface area contributed by atoms with Crippen molar-refractivity contribution in [3.05, 3.63) is 28.5 Å². The van der Waals surface area contributed by atoms with E-state index < -0.39 is 6.10 Å². The van der Waals surface area contributed by atoms with Crippen LogP contribution in [0, 0.1) is 11.7 Å². The molecule has 0 aromatic heterocycles. The Kier molecular flexibility index (Phi) is 5.17. The molecule has 1 aromatic carbocycles. The van der Waals surface area contributed by atoms with Crippen molar-refractivity contribution in [2.24, 2.45) is 10.9 Å². The van der Waals surface area contributed by atoms with Crippen molar-refractivity contribution in [2.45, 2.75) is 51.3 Å². The van der Waals surface area contributed by atoms with Crippen molar-refractivity contribution in [3.63, 3.8) is 0 Å². The molecule has 0 saturated carbocycles. The van der Waals surface area contributed by atoms with Gasteiger partial charge < -0.3 is 14.6 Å². The first-order valence-electron chi connectivity index (χ1n) is 9.52. The molecular weight excluding hydrogens is 351 g/mol. The highest BCUT2D eigenvalue weighted by Gasteiger charge is 2.47. The molecule has 0 bridgehead atoms. The van der Waals surface area contributed by atoms with Gasteiger partial charge in [0.1, 0.15) is 0 Å². The molecule has 2 fully saturated rings. The van der Waals surface area contributed by atoms with Crippen LogP contribution in [0.15, 0.2) is 17.1 Å². The Morgan fingerprint density at radius 2 is 2.22 bits per heavy atom. The fourth-order valence-electron chi connectivity index (χ4n) is 4.10. The molecule has 2 saturated heterocycles. The van der Waals surface area contributed by atoms with Gasteiger partial charge in [0, 0.05) is 17.7 Å². The van der Waals surface area contributed by atoms with Crippen molar-refractivity contribution in [1.29, 1.82) is 0 Å². The quantitative estimate of drug-likeness (QED) is 0.640. The summed E-state index contributed by atoms with van der Waals surface area (Å²) in [5.74, 6) is 0.0161. The van der Waals surface area contributed by atoms with Gasteiger partial charge in [0.05, 0.1) is 42.9 Å². The molecule has 0 amide bonds. The number of halogens is 1. The average molecular weight is 378 g/mol. The smallest absolute Gasteiger partial charge is 0.174 e. The molecule has 0 unspecified atom stereocenters. The highest BCUT2D eigenvalue weighted by molar-refractivity contribution is 5.38.